The van der Waals surface area contributed by atoms with Crippen LogP contribution in [0.5, 0.6) is 5.75 Å². The molecule has 0 aliphatic rings. The maximum atomic E-state index is 13.0. The van der Waals surface area contributed by atoms with E-state index >= 15 is 0 Å². The molecule has 0 radical (unpaired) electrons. The minimum Gasteiger partial charge on any atom is -0.497 e. The zero-order valence-corrected chi connectivity index (χ0v) is 12.6. The zero-order valence-electron chi connectivity index (χ0n) is 11.8. The van der Waals surface area contributed by atoms with E-state index in [9.17, 15) is 9.18 Å². The van der Waals surface area contributed by atoms with Gasteiger partial charge in [0.15, 0.2) is 0 Å². The van der Waals surface area contributed by atoms with Gasteiger partial charge in [0.25, 0.3) is 0 Å². The van der Waals surface area contributed by atoms with E-state index in [0.717, 1.165) is 0 Å². The third kappa shape index (κ3) is 4.56. The van der Waals surface area contributed by atoms with Gasteiger partial charge in [-0.3, -0.25) is 4.79 Å². The third-order valence-corrected chi connectivity index (χ3v) is 3.22. The molecule has 0 saturated carbocycles. The van der Waals surface area contributed by atoms with Gasteiger partial charge in [0.05, 0.1) is 19.7 Å². The molecule has 2 rings (SSSR count). The number of nitrogens with one attached hydrogen (secondary N) is 1. The zero-order chi connectivity index (χ0) is 15.9. The van der Waals surface area contributed by atoms with Gasteiger partial charge in [0.1, 0.15) is 11.6 Å². The van der Waals surface area contributed by atoms with Crippen LogP contribution in [0.3, 0.4) is 0 Å². The average Bonchev–Trinajstić information content (AvgIpc) is 2.49. The number of hydrogen-bond donors (Lipinski definition) is 1. The van der Waals surface area contributed by atoms with E-state index in [2.05, 4.69) is 10.5 Å². The Morgan fingerprint density at radius 2 is 2.18 bits per heavy atom. The van der Waals surface area contributed by atoms with Crippen molar-refractivity contribution in [3.05, 3.63) is 64.4 Å². The van der Waals surface area contributed by atoms with Crippen molar-refractivity contribution < 1.29 is 13.9 Å². The molecule has 0 unspecified atom stereocenters. The smallest absolute Gasteiger partial charge is 0.244 e. The van der Waals surface area contributed by atoms with E-state index in [4.69, 9.17) is 16.3 Å². The summed E-state index contributed by atoms with van der Waals surface area (Å²) in [6, 6.07) is 11.0. The highest BCUT2D eigenvalue weighted by Crippen LogP contribution is 2.22. The lowest BCUT2D eigenvalue weighted by Gasteiger charge is -2.06. The van der Waals surface area contributed by atoms with Crippen LogP contribution in [0, 0.1) is 5.82 Å². The lowest BCUT2D eigenvalue weighted by molar-refractivity contribution is -0.120. The minimum atomic E-state index is -0.363. The quantitative estimate of drug-likeness (QED) is 0.679. The first kappa shape index (κ1) is 16.0. The maximum Gasteiger partial charge on any atom is 0.244 e. The summed E-state index contributed by atoms with van der Waals surface area (Å²) in [6.45, 7) is 0. The summed E-state index contributed by atoms with van der Waals surface area (Å²) in [5.74, 6) is -0.0725. The first-order valence-electron chi connectivity index (χ1n) is 6.48. The van der Waals surface area contributed by atoms with Crippen molar-refractivity contribution in [1.82, 2.24) is 5.43 Å². The molecule has 0 atom stereocenters. The third-order valence-electron chi connectivity index (χ3n) is 2.86. The molecule has 0 aliphatic heterocycles. The summed E-state index contributed by atoms with van der Waals surface area (Å²) in [5.41, 5.74) is 3.57. The Hall–Kier alpha value is -2.40. The highest BCUT2D eigenvalue weighted by atomic mass is 35.5. The predicted molar refractivity (Wildman–Crippen MR) is 83.8 cm³/mol. The molecule has 2 aromatic rings. The predicted octanol–water partition coefficient (Wildman–Crippen LogP) is 3.18. The van der Waals surface area contributed by atoms with Gasteiger partial charge in [-0.05, 0) is 41.5 Å². The molecule has 114 valence electrons. The maximum absolute atomic E-state index is 13.0. The van der Waals surface area contributed by atoms with E-state index in [1.54, 1.807) is 30.3 Å². The van der Waals surface area contributed by atoms with Crippen LogP contribution in [-0.2, 0) is 11.2 Å². The molecular weight excluding hydrogens is 307 g/mol. The molecule has 0 aliphatic carbocycles. The number of hydrazone groups is 1. The largest absolute Gasteiger partial charge is 0.497 e. The lowest BCUT2D eigenvalue weighted by Crippen LogP contribution is -2.20. The van der Waals surface area contributed by atoms with Gasteiger partial charge in [-0.25, -0.2) is 9.82 Å². The van der Waals surface area contributed by atoms with Crippen molar-refractivity contribution in [2.75, 3.05) is 7.11 Å². The number of ether oxygens (including phenoxy) is 1. The summed E-state index contributed by atoms with van der Waals surface area (Å²) in [6.07, 6.45) is 1.44. The molecule has 22 heavy (non-hydrogen) atoms. The van der Waals surface area contributed by atoms with Crippen LogP contribution in [-0.4, -0.2) is 19.2 Å². The number of nitrogens with zero attached hydrogens (tertiary/aromatic N) is 1. The fourth-order valence-electron chi connectivity index (χ4n) is 1.79. The summed E-state index contributed by atoms with van der Waals surface area (Å²) in [5, 5.41) is 4.26. The van der Waals surface area contributed by atoms with E-state index in [-0.39, 0.29) is 18.1 Å². The van der Waals surface area contributed by atoms with Gasteiger partial charge in [0, 0.05) is 5.02 Å². The van der Waals surface area contributed by atoms with Crippen LogP contribution in [0.4, 0.5) is 4.39 Å². The summed E-state index contributed by atoms with van der Waals surface area (Å²) >= 11 is 6.03. The fourth-order valence-corrected chi connectivity index (χ4v) is 1.98. The minimum absolute atomic E-state index is 0.0660. The number of methoxy groups -OCH3 is 1. The van der Waals surface area contributed by atoms with Gasteiger partial charge in [-0.1, -0.05) is 23.7 Å². The van der Waals surface area contributed by atoms with Crippen molar-refractivity contribution in [2.45, 2.75) is 6.42 Å². The molecule has 0 bridgehead atoms. The Morgan fingerprint density at radius 1 is 1.36 bits per heavy atom. The van der Waals surface area contributed by atoms with Gasteiger partial charge in [0.2, 0.25) is 5.91 Å². The van der Waals surface area contributed by atoms with Gasteiger partial charge >= 0.3 is 0 Å². The molecule has 1 amide bonds. The second-order valence-corrected chi connectivity index (χ2v) is 4.89. The molecule has 0 saturated heterocycles. The molecule has 0 fully saturated rings. The van der Waals surface area contributed by atoms with E-state index in [1.165, 1.54) is 25.5 Å². The molecule has 6 heteroatoms. The van der Waals surface area contributed by atoms with Crippen LogP contribution in [0.1, 0.15) is 11.1 Å². The molecule has 4 nitrogen and oxygen atoms in total. The number of carbonyl (C=O) groups is 1. The van der Waals surface area contributed by atoms with Gasteiger partial charge in [-0.2, -0.15) is 5.10 Å². The van der Waals surface area contributed by atoms with Crippen LogP contribution in [0.2, 0.25) is 5.02 Å². The highest BCUT2D eigenvalue weighted by molar-refractivity contribution is 6.31. The van der Waals surface area contributed by atoms with Crippen molar-refractivity contribution in [3.63, 3.8) is 0 Å². The monoisotopic (exact) mass is 320 g/mol. The first-order valence-corrected chi connectivity index (χ1v) is 6.86. The van der Waals surface area contributed by atoms with Crippen molar-refractivity contribution >= 4 is 23.7 Å². The van der Waals surface area contributed by atoms with Crippen LogP contribution < -0.4 is 10.2 Å². The number of carbonyl (C=O) groups excluding carboxylic acids is 1. The molecule has 1 N–H and O–H groups in total. The Morgan fingerprint density at radius 3 is 2.91 bits per heavy atom. The van der Waals surface area contributed by atoms with E-state index < -0.39 is 0 Å². The Bertz CT molecular complexity index is 704. The molecule has 0 aromatic heterocycles. The van der Waals surface area contributed by atoms with Crippen molar-refractivity contribution in [1.29, 1.82) is 0 Å². The number of rotatable bonds is 5. The SMILES string of the molecule is COc1ccc(Cl)c(CC(=O)N/N=C/c2cccc(F)c2)c1. The number of benzene rings is 2. The van der Waals surface area contributed by atoms with Crippen LogP contribution >= 0.6 is 11.6 Å². The second kappa shape index (κ2) is 7.56. The molecule has 2 aromatic carbocycles. The second-order valence-electron chi connectivity index (χ2n) is 4.48. The summed E-state index contributed by atoms with van der Waals surface area (Å²) < 4.78 is 18.1. The Labute approximate surface area is 132 Å². The summed E-state index contributed by atoms with van der Waals surface area (Å²) in [7, 11) is 1.54. The number of halogens is 2. The topological polar surface area (TPSA) is 50.7 Å². The van der Waals surface area contributed by atoms with E-state index in [0.29, 0.717) is 21.9 Å². The van der Waals surface area contributed by atoms with Crippen LogP contribution in [0.25, 0.3) is 0 Å². The van der Waals surface area contributed by atoms with Gasteiger partial charge < -0.3 is 4.74 Å². The number of hydrogen-bond acceptors (Lipinski definition) is 3. The Balaban J connectivity index is 1.96. The number of amides is 1. The van der Waals surface area contributed by atoms with Crippen molar-refractivity contribution in [3.8, 4) is 5.75 Å². The molecular formula is C16H14ClFN2O2. The van der Waals surface area contributed by atoms with Crippen molar-refractivity contribution in [2.24, 2.45) is 5.10 Å². The standard InChI is InChI=1S/C16H14ClFN2O2/c1-22-14-5-6-15(17)12(8-14)9-16(21)20-19-10-11-3-2-4-13(18)7-11/h2-8,10H,9H2,1H3,(H,20,21)/b19-10+. The molecule has 0 spiro atoms. The highest BCUT2D eigenvalue weighted by Gasteiger charge is 2.07. The van der Waals surface area contributed by atoms with E-state index in [1.807, 2.05) is 0 Å². The summed E-state index contributed by atoms with van der Waals surface area (Å²) in [4.78, 5) is 11.8. The first-order chi connectivity index (χ1) is 10.6. The fraction of sp³-hybridized carbons (Fsp3) is 0.125. The molecule has 0 heterocycles. The average molecular weight is 321 g/mol. The van der Waals surface area contributed by atoms with Gasteiger partial charge in [-0.15, -0.1) is 0 Å². The Kier molecular flexibility index (Phi) is 5.49. The lowest BCUT2D eigenvalue weighted by atomic mass is 10.1. The van der Waals surface area contributed by atoms with Crippen LogP contribution in [0.15, 0.2) is 47.6 Å². The normalized spacial score (nSPS) is 10.7.